The first-order valence-corrected chi connectivity index (χ1v) is 7.44. The van der Waals surface area contributed by atoms with E-state index < -0.39 is 18.6 Å². The molecule has 0 aromatic heterocycles. The molecule has 0 unspecified atom stereocenters. The minimum Gasteiger partial charge on any atom is -0.314 e. The molecule has 20 heavy (non-hydrogen) atoms. The summed E-state index contributed by atoms with van der Waals surface area (Å²) in [5.41, 5.74) is 1.75. The Morgan fingerprint density at radius 3 is 2.50 bits per heavy atom. The maximum atomic E-state index is 12.9. The summed E-state index contributed by atoms with van der Waals surface area (Å²) in [6, 6.07) is 4.88. The van der Waals surface area contributed by atoms with Crippen LogP contribution in [0.25, 0.3) is 0 Å². The van der Waals surface area contributed by atoms with Crippen LogP contribution in [0.2, 0.25) is 0 Å². The highest BCUT2D eigenvalue weighted by Gasteiger charge is 2.36. The van der Waals surface area contributed by atoms with Crippen LogP contribution >= 0.6 is 15.9 Å². The van der Waals surface area contributed by atoms with Crippen molar-refractivity contribution in [1.82, 2.24) is 10.2 Å². The Hall–Kier alpha value is -0.590. The molecule has 1 aromatic rings. The van der Waals surface area contributed by atoms with E-state index in [0.717, 1.165) is 28.7 Å². The van der Waals surface area contributed by atoms with Crippen molar-refractivity contribution >= 4 is 15.9 Å². The minimum atomic E-state index is -4.16. The lowest BCUT2D eigenvalue weighted by Gasteiger charge is -2.35. The molecule has 0 amide bonds. The van der Waals surface area contributed by atoms with E-state index in [1.807, 2.05) is 24.0 Å². The van der Waals surface area contributed by atoms with Crippen LogP contribution in [0.4, 0.5) is 13.2 Å². The van der Waals surface area contributed by atoms with E-state index >= 15 is 0 Å². The van der Waals surface area contributed by atoms with Crippen LogP contribution in [0, 0.1) is 6.92 Å². The molecule has 1 N–H and O–H groups in total. The lowest BCUT2D eigenvalue weighted by molar-refractivity contribution is -0.148. The first kappa shape index (κ1) is 15.8. The fourth-order valence-electron chi connectivity index (χ4n) is 2.49. The van der Waals surface area contributed by atoms with E-state index in [2.05, 4.69) is 21.2 Å². The molecule has 0 radical (unpaired) electrons. The van der Waals surface area contributed by atoms with Crippen LogP contribution in [0.5, 0.6) is 0 Å². The molecule has 1 fully saturated rings. The number of aryl methyl sites for hydroxylation is 1. The third-order valence-corrected chi connectivity index (χ3v) is 4.45. The Labute approximate surface area is 125 Å². The van der Waals surface area contributed by atoms with Gasteiger partial charge in [0.05, 0.1) is 6.42 Å². The van der Waals surface area contributed by atoms with Crippen LogP contribution in [0.15, 0.2) is 22.7 Å². The van der Waals surface area contributed by atoms with Crippen LogP contribution in [-0.2, 0) is 0 Å². The Balaban J connectivity index is 2.26. The number of nitrogens with zero attached hydrogens (tertiary/aromatic N) is 1. The van der Waals surface area contributed by atoms with Crippen molar-refractivity contribution < 1.29 is 13.2 Å². The van der Waals surface area contributed by atoms with Crippen molar-refractivity contribution in [3.63, 3.8) is 0 Å². The zero-order valence-corrected chi connectivity index (χ0v) is 12.9. The highest BCUT2D eigenvalue weighted by molar-refractivity contribution is 9.10. The van der Waals surface area contributed by atoms with E-state index in [1.165, 1.54) is 0 Å². The van der Waals surface area contributed by atoms with Gasteiger partial charge >= 0.3 is 6.18 Å². The summed E-state index contributed by atoms with van der Waals surface area (Å²) in [5, 5.41) is 3.17. The zero-order valence-electron chi connectivity index (χ0n) is 11.3. The van der Waals surface area contributed by atoms with Gasteiger partial charge in [-0.2, -0.15) is 13.2 Å². The number of halogens is 4. The van der Waals surface area contributed by atoms with Gasteiger partial charge < -0.3 is 5.32 Å². The predicted molar refractivity (Wildman–Crippen MR) is 76.7 cm³/mol. The number of hydrogen-bond acceptors (Lipinski definition) is 2. The smallest absolute Gasteiger partial charge is 0.314 e. The van der Waals surface area contributed by atoms with Gasteiger partial charge in [-0.25, -0.2) is 0 Å². The molecule has 0 saturated carbocycles. The molecule has 1 atom stereocenters. The van der Waals surface area contributed by atoms with Crippen LogP contribution in [0.3, 0.4) is 0 Å². The summed E-state index contributed by atoms with van der Waals surface area (Å²) in [7, 11) is 0. The zero-order chi connectivity index (χ0) is 14.8. The SMILES string of the molecule is Cc1ccc([C@@H](CC(F)(F)F)N2CCNCC2)cc1Br. The van der Waals surface area contributed by atoms with Gasteiger partial charge in [0.15, 0.2) is 0 Å². The van der Waals surface area contributed by atoms with Crippen molar-refractivity contribution in [2.75, 3.05) is 26.2 Å². The molecule has 2 rings (SSSR count). The summed E-state index contributed by atoms with van der Waals surface area (Å²) in [6.45, 7) is 4.69. The van der Waals surface area contributed by atoms with Crippen molar-refractivity contribution in [3.8, 4) is 0 Å². The second kappa shape index (κ2) is 6.45. The van der Waals surface area contributed by atoms with Crippen molar-refractivity contribution in [2.45, 2.75) is 25.6 Å². The Bertz CT molecular complexity index is 456. The van der Waals surface area contributed by atoms with E-state index in [9.17, 15) is 13.2 Å². The molecule has 1 saturated heterocycles. The summed E-state index contributed by atoms with van der Waals surface area (Å²) < 4.78 is 39.5. The third-order valence-electron chi connectivity index (χ3n) is 3.60. The standard InChI is InChI=1S/C14H18BrF3N2/c1-10-2-3-11(8-12(10)15)13(9-14(16,17)18)20-6-4-19-5-7-20/h2-3,8,13,19H,4-7,9H2,1H3/t13-/m1/s1. The highest BCUT2D eigenvalue weighted by atomic mass is 79.9. The normalized spacial score (nSPS) is 19.1. The topological polar surface area (TPSA) is 15.3 Å². The number of rotatable bonds is 3. The van der Waals surface area contributed by atoms with Crippen molar-refractivity contribution in [3.05, 3.63) is 33.8 Å². The molecule has 112 valence electrons. The second-order valence-electron chi connectivity index (χ2n) is 5.13. The number of piperazine rings is 1. The van der Waals surface area contributed by atoms with Gasteiger partial charge in [-0.15, -0.1) is 0 Å². The number of hydrogen-bond donors (Lipinski definition) is 1. The molecule has 0 aliphatic carbocycles. The van der Waals surface area contributed by atoms with Crippen LogP contribution < -0.4 is 5.32 Å². The molecule has 6 heteroatoms. The molecular formula is C14H18BrF3N2. The summed E-state index contributed by atoms with van der Waals surface area (Å²) in [6.07, 6.45) is -4.96. The lowest BCUT2D eigenvalue weighted by Crippen LogP contribution is -2.46. The maximum Gasteiger partial charge on any atom is 0.390 e. The van der Waals surface area contributed by atoms with Gasteiger partial charge in [0.2, 0.25) is 0 Å². The number of nitrogens with one attached hydrogen (secondary N) is 1. The fourth-order valence-corrected chi connectivity index (χ4v) is 2.88. The second-order valence-corrected chi connectivity index (χ2v) is 5.98. The fraction of sp³-hybridized carbons (Fsp3) is 0.571. The Kier molecular flexibility index (Phi) is 5.09. The Morgan fingerprint density at radius 1 is 1.30 bits per heavy atom. The van der Waals surface area contributed by atoms with Gasteiger partial charge in [-0.1, -0.05) is 28.1 Å². The first-order valence-electron chi connectivity index (χ1n) is 6.64. The number of benzene rings is 1. The average Bonchev–Trinajstić information content (AvgIpc) is 2.39. The molecule has 1 heterocycles. The maximum absolute atomic E-state index is 12.9. The molecule has 0 bridgehead atoms. The van der Waals surface area contributed by atoms with E-state index in [4.69, 9.17) is 0 Å². The minimum absolute atomic E-state index is 0.603. The monoisotopic (exact) mass is 350 g/mol. The van der Waals surface area contributed by atoms with Crippen molar-refractivity contribution in [2.24, 2.45) is 0 Å². The molecular weight excluding hydrogens is 333 g/mol. The number of alkyl halides is 3. The van der Waals surface area contributed by atoms with Gasteiger partial charge in [-0.3, -0.25) is 4.90 Å². The largest absolute Gasteiger partial charge is 0.390 e. The quantitative estimate of drug-likeness (QED) is 0.894. The first-order chi connectivity index (χ1) is 9.37. The van der Waals surface area contributed by atoms with E-state index in [1.54, 1.807) is 6.07 Å². The average molecular weight is 351 g/mol. The van der Waals surface area contributed by atoms with Gasteiger partial charge in [-0.05, 0) is 24.1 Å². The molecule has 0 spiro atoms. The molecule has 1 aromatic carbocycles. The Morgan fingerprint density at radius 2 is 1.95 bits per heavy atom. The lowest BCUT2D eigenvalue weighted by atomic mass is 9.99. The van der Waals surface area contributed by atoms with Gasteiger partial charge in [0.1, 0.15) is 0 Å². The third kappa shape index (κ3) is 4.20. The molecule has 1 aliphatic rings. The van der Waals surface area contributed by atoms with E-state index in [-0.39, 0.29) is 0 Å². The summed E-state index contributed by atoms with van der Waals surface area (Å²) in [5.74, 6) is 0. The van der Waals surface area contributed by atoms with Gasteiger partial charge in [0.25, 0.3) is 0 Å². The molecule has 2 nitrogen and oxygen atoms in total. The van der Waals surface area contributed by atoms with Crippen molar-refractivity contribution in [1.29, 1.82) is 0 Å². The summed E-state index contributed by atoms with van der Waals surface area (Å²) in [4.78, 5) is 1.92. The molecule has 1 aliphatic heterocycles. The predicted octanol–water partition coefficient (Wildman–Crippen LogP) is 3.66. The summed E-state index contributed by atoms with van der Waals surface area (Å²) >= 11 is 3.41. The van der Waals surface area contributed by atoms with Crippen LogP contribution in [0.1, 0.15) is 23.6 Å². The highest BCUT2D eigenvalue weighted by Crippen LogP contribution is 2.35. The van der Waals surface area contributed by atoms with Gasteiger partial charge in [0, 0.05) is 36.7 Å². The van der Waals surface area contributed by atoms with E-state index in [0.29, 0.717) is 13.1 Å². The van der Waals surface area contributed by atoms with Crippen LogP contribution in [-0.4, -0.2) is 37.3 Å².